The smallest absolute Gasteiger partial charge is 0.306 e. The van der Waals surface area contributed by atoms with Crippen LogP contribution in [0.25, 0.3) is 0 Å². The van der Waals surface area contributed by atoms with Gasteiger partial charge in [-0.1, -0.05) is 36.7 Å². The van der Waals surface area contributed by atoms with E-state index in [9.17, 15) is 14.9 Å². The van der Waals surface area contributed by atoms with Crippen molar-refractivity contribution in [3.05, 3.63) is 34.9 Å². The fourth-order valence-electron chi connectivity index (χ4n) is 3.28. The second-order valence-corrected chi connectivity index (χ2v) is 7.39. The number of Topliss-reactive ketones (excluding diaryl/α,β-unsaturated/α-hetero) is 1. The molecule has 5 nitrogen and oxygen atoms in total. The Hall–Kier alpha value is -2.26. The van der Waals surface area contributed by atoms with Crippen LogP contribution in [0, 0.1) is 17.2 Å². The van der Waals surface area contributed by atoms with E-state index in [4.69, 9.17) is 4.74 Å². The van der Waals surface area contributed by atoms with E-state index in [1.165, 1.54) is 11.8 Å². The molecule has 0 N–H and O–H groups in total. The maximum absolute atomic E-state index is 12.4. The first-order chi connectivity index (χ1) is 12.1. The SMILES string of the molecule is CN1/C(=C(\C#N)C(=O)COC(=O)CC2CCCC2)Sc2ccccc21. The highest BCUT2D eigenvalue weighted by molar-refractivity contribution is 8.03. The zero-order chi connectivity index (χ0) is 17.8. The molecule has 25 heavy (non-hydrogen) atoms. The molecule has 2 aliphatic rings. The van der Waals surface area contributed by atoms with Crippen molar-refractivity contribution in [3.8, 4) is 6.07 Å². The van der Waals surface area contributed by atoms with Gasteiger partial charge in [0.05, 0.1) is 5.69 Å². The lowest BCUT2D eigenvalue weighted by Crippen LogP contribution is -2.20. The van der Waals surface area contributed by atoms with Crippen LogP contribution in [0.1, 0.15) is 32.1 Å². The lowest BCUT2D eigenvalue weighted by molar-refractivity contribution is -0.148. The fourth-order valence-corrected chi connectivity index (χ4v) is 4.44. The maximum Gasteiger partial charge on any atom is 0.306 e. The van der Waals surface area contributed by atoms with Crippen molar-refractivity contribution in [1.29, 1.82) is 5.26 Å². The molecule has 130 valence electrons. The first-order valence-electron chi connectivity index (χ1n) is 8.44. The number of carbonyl (C=O) groups is 2. The van der Waals surface area contributed by atoms with Gasteiger partial charge in [-0.15, -0.1) is 0 Å². The van der Waals surface area contributed by atoms with E-state index >= 15 is 0 Å². The Morgan fingerprint density at radius 1 is 1.32 bits per heavy atom. The van der Waals surface area contributed by atoms with Gasteiger partial charge in [-0.3, -0.25) is 9.59 Å². The molecule has 0 bridgehead atoms. The van der Waals surface area contributed by atoms with Gasteiger partial charge in [0, 0.05) is 18.4 Å². The van der Waals surface area contributed by atoms with Gasteiger partial charge in [-0.05, 0) is 30.9 Å². The normalized spacial score (nSPS) is 18.6. The zero-order valence-electron chi connectivity index (χ0n) is 14.2. The summed E-state index contributed by atoms with van der Waals surface area (Å²) < 4.78 is 5.12. The first kappa shape index (κ1) is 17.6. The summed E-state index contributed by atoms with van der Waals surface area (Å²) in [7, 11) is 1.82. The molecule has 6 heteroatoms. The average molecular weight is 356 g/mol. The molecule has 1 aromatic carbocycles. The van der Waals surface area contributed by atoms with E-state index in [1.807, 2.05) is 42.3 Å². The van der Waals surface area contributed by atoms with Gasteiger partial charge < -0.3 is 9.64 Å². The number of ether oxygens (including phenoxy) is 1. The van der Waals surface area contributed by atoms with E-state index in [1.54, 1.807) is 0 Å². The minimum atomic E-state index is -0.454. The Morgan fingerprint density at radius 3 is 2.72 bits per heavy atom. The highest BCUT2D eigenvalue weighted by Crippen LogP contribution is 2.46. The van der Waals surface area contributed by atoms with Crippen LogP contribution in [0.5, 0.6) is 0 Å². The third kappa shape index (κ3) is 3.88. The van der Waals surface area contributed by atoms with Crippen molar-refractivity contribution in [3.63, 3.8) is 0 Å². The molecule has 0 radical (unpaired) electrons. The summed E-state index contributed by atoms with van der Waals surface area (Å²) in [4.78, 5) is 27.1. The lowest BCUT2D eigenvalue weighted by Gasteiger charge is -2.15. The number of anilines is 1. The number of para-hydroxylation sites is 1. The molecular formula is C19H20N2O3S. The Morgan fingerprint density at radius 2 is 2.04 bits per heavy atom. The summed E-state index contributed by atoms with van der Waals surface area (Å²) in [5.74, 6) is -0.426. The van der Waals surface area contributed by atoms with E-state index in [2.05, 4.69) is 0 Å². The molecule has 1 heterocycles. The molecule has 0 amide bonds. The Kier molecular flexibility index (Phi) is 5.44. The van der Waals surface area contributed by atoms with Crippen molar-refractivity contribution in [1.82, 2.24) is 0 Å². The molecule has 0 saturated heterocycles. The molecule has 0 aromatic heterocycles. The predicted molar refractivity (Wildman–Crippen MR) is 95.9 cm³/mol. The topological polar surface area (TPSA) is 70.4 Å². The summed E-state index contributed by atoms with van der Waals surface area (Å²) in [5.41, 5.74) is 0.999. The van der Waals surface area contributed by atoms with Crippen molar-refractivity contribution in [2.24, 2.45) is 5.92 Å². The number of benzene rings is 1. The lowest BCUT2D eigenvalue weighted by atomic mass is 10.0. The van der Waals surface area contributed by atoms with Crippen LogP contribution in [0.3, 0.4) is 0 Å². The second-order valence-electron chi connectivity index (χ2n) is 6.36. The van der Waals surface area contributed by atoms with Crippen LogP contribution in [-0.2, 0) is 14.3 Å². The van der Waals surface area contributed by atoms with Gasteiger partial charge in [0.15, 0.2) is 6.61 Å². The molecular weight excluding hydrogens is 336 g/mol. The van der Waals surface area contributed by atoms with E-state index in [-0.39, 0.29) is 18.1 Å². The molecule has 1 aliphatic carbocycles. The summed E-state index contributed by atoms with van der Waals surface area (Å²) in [6, 6.07) is 9.70. The number of hydrogen-bond donors (Lipinski definition) is 0. The third-order valence-corrected chi connectivity index (χ3v) is 5.87. The van der Waals surface area contributed by atoms with Gasteiger partial charge in [-0.2, -0.15) is 5.26 Å². The number of hydrogen-bond acceptors (Lipinski definition) is 6. The number of rotatable bonds is 5. The summed E-state index contributed by atoms with van der Waals surface area (Å²) >= 11 is 1.39. The van der Waals surface area contributed by atoms with Crippen molar-refractivity contribution < 1.29 is 14.3 Å². The van der Waals surface area contributed by atoms with Crippen LogP contribution in [0.4, 0.5) is 5.69 Å². The first-order valence-corrected chi connectivity index (χ1v) is 9.25. The molecule has 0 atom stereocenters. The van der Waals surface area contributed by atoms with E-state index in [0.29, 0.717) is 17.4 Å². The van der Waals surface area contributed by atoms with Crippen LogP contribution in [0.2, 0.25) is 0 Å². The Bertz CT molecular complexity index is 760. The number of fused-ring (bicyclic) bond motifs is 1. The standard InChI is InChI=1S/C19H20N2O3S/c1-21-15-8-4-5-9-17(15)25-19(21)14(11-20)16(22)12-24-18(23)10-13-6-2-3-7-13/h4-5,8-9,13H,2-3,6-7,10,12H2,1H3/b19-14-. The Balaban J connectivity index is 1.64. The minimum Gasteiger partial charge on any atom is -0.457 e. The molecule has 3 rings (SSSR count). The molecule has 1 fully saturated rings. The number of nitrogens with zero attached hydrogens (tertiary/aromatic N) is 2. The van der Waals surface area contributed by atoms with Gasteiger partial charge >= 0.3 is 5.97 Å². The molecule has 0 unspecified atom stereocenters. The van der Waals surface area contributed by atoms with Crippen LogP contribution < -0.4 is 4.90 Å². The summed E-state index contributed by atoms with van der Waals surface area (Å²) in [5, 5.41) is 10.0. The van der Waals surface area contributed by atoms with Gasteiger partial charge in [0.1, 0.15) is 16.7 Å². The number of nitriles is 1. The van der Waals surface area contributed by atoms with Crippen molar-refractivity contribution in [2.45, 2.75) is 37.0 Å². The van der Waals surface area contributed by atoms with Crippen molar-refractivity contribution in [2.75, 3.05) is 18.6 Å². The van der Waals surface area contributed by atoms with E-state index < -0.39 is 5.78 Å². The van der Waals surface area contributed by atoms with Crippen LogP contribution in [0.15, 0.2) is 39.8 Å². The van der Waals surface area contributed by atoms with Gasteiger partial charge in [0.2, 0.25) is 5.78 Å². The number of carbonyl (C=O) groups excluding carboxylic acids is 2. The minimum absolute atomic E-state index is 0.0392. The second kappa shape index (κ2) is 7.75. The molecule has 1 aliphatic heterocycles. The van der Waals surface area contributed by atoms with E-state index in [0.717, 1.165) is 36.3 Å². The third-order valence-electron chi connectivity index (χ3n) is 4.64. The van der Waals surface area contributed by atoms with Gasteiger partial charge in [-0.25, -0.2) is 0 Å². The molecule has 1 saturated carbocycles. The molecule has 1 aromatic rings. The predicted octanol–water partition coefficient (Wildman–Crippen LogP) is 3.66. The maximum atomic E-state index is 12.4. The number of ketones is 1. The highest BCUT2D eigenvalue weighted by atomic mass is 32.2. The number of thioether (sulfide) groups is 1. The Labute approximate surface area is 151 Å². The van der Waals surface area contributed by atoms with Crippen LogP contribution in [-0.4, -0.2) is 25.4 Å². The van der Waals surface area contributed by atoms with Crippen LogP contribution >= 0.6 is 11.8 Å². The fraction of sp³-hybridized carbons (Fsp3) is 0.421. The summed E-state index contributed by atoms with van der Waals surface area (Å²) in [6.07, 6.45) is 4.79. The average Bonchev–Trinajstić information content (AvgIpc) is 3.23. The number of esters is 1. The quantitative estimate of drug-likeness (QED) is 0.455. The summed E-state index contributed by atoms with van der Waals surface area (Å²) in [6.45, 7) is -0.372. The largest absolute Gasteiger partial charge is 0.457 e. The van der Waals surface area contributed by atoms with Gasteiger partial charge in [0.25, 0.3) is 0 Å². The monoisotopic (exact) mass is 356 g/mol. The zero-order valence-corrected chi connectivity index (χ0v) is 15.0. The molecule has 0 spiro atoms. The van der Waals surface area contributed by atoms with Crippen molar-refractivity contribution >= 4 is 29.2 Å². The highest BCUT2D eigenvalue weighted by Gasteiger charge is 2.28.